The highest BCUT2D eigenvalue weighted by molar-refractivity contribution is 5.98. The number of methoxy groups -OCH3 is 1. The number of hydrogen-bond donors (Lipinski definition) is 0. The van der Waals surface area contributed by atoms with Crippen molar-refractivity contribution in [2.24, 2.45) is 5.92 Å². The highest BCUT2D eigenvalue weighted by atomic mass is 16.6. The Kier molecular flexibility index (Phi) is 5.81. The fraction of sp³-hybridized carbons (Fsp3) is 0.391. The zero-order chi connectivity index (χ0) is 20.2. The summed E-state index contributed by atoms with van der Waals surface area (Å²) in [5.74, 6) is 0.0235. The minimum atomic E-state index is -0.803. The standard InChI is InChI=1S/C23H26N2O4/c1-28-23(27)21-16-25(19-11-5-6-12-20(19)29-21)22(26)18-10-7-13-24(15-18)14-17-8-3-2-4-9-17/h2-6,8-9,11-12,18,21H,7,10,13-16H2,1H3/t18-,21-/m0/s1. The molecule has 2 aromatic carbocycles. The van der Waals surface area contributed by atoms with Gasteiger partial charge in [-0.2, -0.15) is 0 Å². The SMILES string of the molecule is COC(=O)[C@@H]1CN(C(=O)[C@H]2CCCN(Cc3ccccc3)C2)c2ccccc2O1. The van der Waals surface area contributed by atoms with Gasteiger partial charge in [0.25, 0.3) is 0 Å². The molecule has 0 radical (unpaired) electrons. The van der Waals surface area contributed by atoms with Gasteiger partial charge < -0.3 is 14.4 Å². The van der Waals surface area contributed by atoms with Gasteiger partial charge in [0.1, 0.15) is 5.75 Å². The zero-order valence-electron chi connectivity index (χ0n) is 16.6. The predicted octanol–water partition coefficient (Wildman–Crippen LogP) is 2.87. The van der Waals surface area contributed by atoms with Gasteiger partial charge in [-0.15, -0.1) is 0 Å². The van der Waals surface area contributed by atoms with E-state index in [1.54, 1.807) is 11.0 Å². The molecule has 2 aliphatic heterocycles. The number of esters is 1. The average Bonchev–Trinajstić information content (AvgIpc) is 2.78. The van der Waals surface area contributed by atoms with E-state index in [2.05, 4.69) is 17.0 Å². The summed E-state index contributed by atoms with van der Waals surface area (Å²) in [6.07, 6.45) is 1.03. The van der Waals surface area contributed by atoms with Gasteiger partial charge in [-0.05, 0) is 37.1 Å². The molecule has 0 saturated carbocycles. The lowest BCUT2D eigenvalue weighted by Crippen LogP contribution is -2.51. The minimum Gasteiger partial charge on any atom is -0.475 e. The van der Waals surface area contributed by atoms with Gasteiger partial charge in [0.2, 0.25) is 12.0 Å². The summed E-state index contributed by atoms with van der Waals surface area (Å²) in [6.45, 7) is 2.73. The molecular weight excluding hydrogens is 368 g/mol. The van der Waals surface area contributed by atoms with Crippen LogP contribution >= 0.6 is 0 Å². The van der Waals surface area contributed by atoms with Crippen LogP contribution in [0.25, 0.3) is 0 Å². The topological polar surface area (TPSA) is 59.1 Å². The number of fused-ring (bicyclic) bond motifs is 1. The maximum absolute atomic E-state index is 13.5. The molecule has 0 spiro atoms. The quantitative estimate of drug-likeness (QED) is 0.747. The van der Waals surface area contributed by atoms with Crippen molar-refractivity contribution in [2.45, 2.75) is 25.5 Å². The van der Waals surface area contributed by atoms with Crippen molar-refractivity contribution in [2.75, 3.05) is 31.6 Å². The van der Waals surface area contributed by atoms with Crippen LogP contribution in [0.15, 0.2) is 54.6 Å². The van der Waals surface area contributed by atoms with Gasteiger partial charge in [0.15, 0.2) is 0 Å². The van der Waals surface area contributed by atoms with E-state index < -0.39 is 12.1 Å². The second-order valence-electron chi connectivity index (χ2n) is 7.61. The molecule has 0 N–H and O–H groups in total. The first-order chi connectivity index (χ1) is 14.2. The molecule has 0 aliphatic carbocycles. The summed E-state index contributed by atoms with van der Waals surface area (Å²) >= 11 is 0. The lowest BCUT2D eigenvalue weighted by atomic mass is 9.95. The monoisotopic (exact) mass is 394 g/mol. The van der Waals surface area contributed by atoms with E-state index in [0.717, 1.165) is 38.2 Å². The van der Waals surface area contributed by atoms with Crippen LogP contribution in [-0.4, -0.2) is 49.6 Å². The Labute approximate surface area is 171 Å². The molecule has 2 aliphatic rings. The molecule has 0 bridgehead atoms. The third-order valence-electron chi connectivity index (χ3n) is 5.61. The Bertz CT molecular complexity index is 870. The van der Waals surface area contributed by atoms with Crippen LogP contribution in [0, 0.1) is 5.92 Å². The van der Waals surface area contributed by atoms with Crippen LogP contribution < -0.4 is 9.64 Å². The number of likely N-dealkylation sites (tertiary alicyclic amines) is 1. The number of rotatable bonds is 4. The molecule has 2 heterocycles. The van der Waals surface area contributed by atoms with Gasteiger partial charge in [0.05, 0.1) is 25.3 Å². The number of nitrogens with zero attached hydrogens (tertiary/aromatic N) is 2. The van der Waals surface area contributed by atoms with Crippen LogP contribution in [0.4, 0.5) is 5.69 Å². The van der Waals surface area contributed by atoms with Crippen LogP contribution in [0.2, 0.25) is 0 Å². The molecule has 1 saturated heterocycles. The van der Waals surface area contributed by atoms with Crippen LogP contribution in [0.5, 0.6) is 5.75 Å². The van der Waals surface area contributed by atoms with Crippen molar-refractivity contribution < 1.29 is 19.1 Å². The van der Waals surface area contributed by atoms with Gasteiger partial charge in [-0.1, -0.05) is 42.5 Å². The van der Waals surface area contributed by atoms with Crippen LogP contribution in [0.3, 0.4) is 0 Å². The summed E-state index contributed by atoms with van der Waals surface area (Å²) in [5, 5.41) is 0. The number of ether oxygens (including phenoxy) is 2. The van der Waals surface area contributed by atoms with E-state index in [1.807, 2.05) is 36.4 Å². The number of piperidine rings is 1. The first kappa shape index (κ1) is 19.5. The van der Waals surface area contributed by atoms with Crippen molar-refractivity contribution in [1.29, 1.82) is 0 Å². The Morgan fingerprint density at radius 1 is 1.07 bits per heavy atom. The molecule has 0 aromatic heterocycles. The second kappa shape index (κ2) is 8.66. The normalized spacial score (nSPS) is 21.8. The summed E-state index contributed by atoms with van der Waals surface area (Å²) in [7, 11) is 1.33. The lowest BCUT2D eigenvalue weighted by molar-refractivity contribution is -0.148. The number of hydrogen-bond acceptors (Lipinski definition) is 5. The molecule has 1 fully saturated rings. The molecule has 2 aromatic rings. The molecule has 6 nitrogen and oxygen atoms in total. The number of amides is 1. The number of anilines is 1. The van der Waals surface area contributed by atoms with Crippen molar-refractivity contribution in [3.05, 3.63) is 60.2 Å². The summed E-state index contributed by atoms with van der Waals surface area (Å²) in [6, 6.07) is 17.7. The van der Waals surface area contributed by atoms with E-state index in [9.17, 15) is 9.59 Å². The number of carbonyl (C=O) groups excluding carboxylic acids is 2. The molecule has 152 valence electrons. The predicted molar refractivity (Wildman–Crippen MR) is 110 cm³/mol. The largest absolute Gasteiger partial charge is 0.475 e. The first-order valence-electron chi connectivity index (χ1n) is 10.1. The maximum atomic E-state index is 13.5. The second-order valence-corrected chi connectivity index (χ2v) is 7.61. The van der Waals surface area contributed by atoms with Crippen LogP contribution in [-0.2, 0) is 20.9 Å². The van der Waals surface area contributed by atoms with E-state index in [0.29, 0.717) is 5.75 Å². The highest BCUT2D eigenvalue weighted by Gasteiger charge is 2.38. The molecule has 0 unspecified atom stereocenters. The smallest absolute Gasteiger partial charge is 0.348 e. The number of carbonyl (C=O) groups is 2. The van der Waals surface area contributed by atoms with E-state index in [1.165, 1.54) is 12.7 Å². The van der Waals surface area contributed by atoms with E-state index in [-0.39, 0.29) is 18.4 Å². The van der Waals surface area contributed by atoms with Crippen LogP contribution in [0.1, 0.15) is 18.4 Å². The summed E-state index contributed by atoms with van der Waals surface area (Å²) in [4.78, 5) is 29.6. The number of benzene rings is 2. The minimum absolute atomic E-state index is 0.0485. The Morgan fingerprint density at radius 2 is 1.83 bits per heavy atom. The Morgan fingerprint density at radius 3 is 2.62 bits per heavy atom. The fourth-order valence-corrected chi connectivity index (χ4v) is 4.16. The van der Waals surface area contributed by atoms with Gasteiger partial charge in [0, 0.05) is 13.1 Å². The summed E-state index contributed by atoms with van der Waals surface area (Å²) in [5.41, 5.74) is 1.97. The molecule has 6 heteroatoms. The lowest BCUT2D eigenvalue weighted by Gasteiger charge is -2.38. The molecular formula is C23H26N2O4. The maximum Gasteiger partial charge on any atom is 0.348 e. The van der Waals surface area contributed by atoms with Crippen molar-refractivity contribution in [1.82, 2.24) is 4.90 Å². The Balaban J connectivity index is 1.51. The van der Waals surface area contributed by atoms with E-state index >= 15 is 0 Å². The van der Waals surface area contributed by atoms with E-state index in [4.69, 9.17) is 9.47 Å². The fourth-order valence-electron chi connectivity index (χ4n) is 4.16. The third kappa shape index (κ3) is 4.27. The van der Waals surface area contributed by atoms with Gasteiger partial charge in [-0.3, -0.25) is 9.69 Å². The molecule has 29 heavy (non-hydrogen) atoms. The average molecular weight is 394 g/mol. The molecule has 4 rings (SSSR count). The highest BCUT2D eigenvalue weighted by Crippen LogP contribution is 2.35. The first-order valence-corrected chi connectivity index (χ1v) is 10.1. The van der Waals surface area contributed by atoms with Crippen molar-refractivity contribution >= 4 is 17.6 Å². The van der Waals surface area contributed by atoms with Gasteiger partial charge in [-0.25, -0.2) is 4.79 Å². The van der Waals surface area contributed by atoms with Gasteiger partial charge >= 0.3 is 5.97 Å². The Hall–Kier alpha value is -2.86. The van der Waals surface area contributed by atoms with Crippen molar-refractivity contribution in [3.8, 4) is 5.75 Å². The molecule has 2 atom stereocenters. The van der Waals surface area contributed by atoms with Crippen molar-refractivity contribution in [3.63, 3.8) is 0 Å². The third-order valence-corrected chi connectivity index (χ3v) is 5.61. The molecule has 1 amide bonds. The zero-order valence-corrected chi connectivity index (χ0v) is 16.6. The number of para-hydroxylation sites is 2. The summed E-state index contributed by atoms with van der Waals surface area (Å²) < 4.78 is 10.6.